The van der Waals surface area contributed by atoms with Crippen molar-refractivity contribution in [1.82, 2.24) is 5.48 Å². The van der Waals surface area contributed by atoms with Crippen LogP contribution >= 0.6 is 11.3 Å². The first kappa shape index (κ1) is 10.4. The van der Waals surface area contributed by atoms with Crippen LogP contribution in [0.4, 0.5) is 13.2 Å². The highest BCUT2D eigenvalue weighted by atomic mass is 32.1. The average molecular weight is 236 g/mol. The summed E-state index contributed by atoms with van der Waals surface area (Å²) in [6, 6.07) is 3.51. The van der Waals surface area contributed by atoms with Crippen molar-refractivity contribution < 1.29 is 18.0 Å². The van der Waals surface area contributed by atoms with Gasteiger partial charge in [0.1, 0.15) is 0 Å². The Morgan fingerprint density at radius 1 is 1.47 bits per heavy atom. The van der Waals surface area contributed by atoms with E-state index in [4.69, 9.17) is 0 Å². The molecule has 0 spiro atoms. The third kappa shape index (κ3) is 2.13. The van der Waals surface area contributed by atoms with Gasteiger partial charge < -0.3 is 0 Å². The molecule has 1 aromatic rings. The fourth-order valence-electron chi connectivity index (χ4n) is 1.10. The first-order valence-electron chi connectivity index (χ1n) is 4.10. The average Bonchev–Trinajstić information content (AvgIpc) is 2.69. The van der Waals surface area contributed by atoms with Gasteiger partial charge in [0.05, 0.1) is 4.88 Å². The highest BCUT2D eigenvalue weighted by molar-refractivity contribution is 7.14. The van der Waals surface area contributed by atoms with Crippen molar-refractivity contribution in [2.75, 3.05) is 0 Å². The summed E-state index contributed by atoms with van der Waals surface area (Å²) in [4.78, 5) is 9.38. The fraction of sp³-hybridized carbons (Fsp3) is 0.375. The van der Waals surface area contributed by atoms with Crippen molar-refractivity contribution >= 4 is 17.2 Å². The van der Waals surface area contributed by atoms with Gasteiger partial charge in [0.2, 0.25) is 0 Å². The van der Waals surface area contributed by atoms with Crippen LogP contribution in [-0.2, 0) is 4.84 Å². The van der Waals surface area contributed by atoms with Gasteiger partial charge in [-0.15, -0.1) is 11.3 Å². The molecule has 1 aromatic heterocycles. The van der Waals surface area contributed by atoms with Crippen molar-refractivity contribution in [2.45, 2.75) is 19.3 Å². The van der Waals surface area contributed by atoms with E-state index in [0.29, 0.717) is 4.88 Å². The zero-order valence-electron chi connectivity index (χ0n) is 7.63. The van der Waals surface area contributed by atoms with E-state index >= 15 is 0 Å². The SMILES string of the molecule is Cc1ccc(C2=NC(C(F)(F)F)ON2)s1. The van der Waals surface area contributed by atoms with Crippen molar-refractivity contribution in [3.8, 4) is 0 Å². The Morgan fingerprint density at radius 2 is 2.20 bits per heavy atom. The molecular formula is C8H7F3N2OS. The predicted molar refractivity (Wildman–Crippen MR) is 49.7 cm³/mol. The van der Waals surface area contributed by atoms with Gasteiger partial charge in [0.25, 0.3) is 6.23 Å². The summed E-state index contributed by atoms with van der Waals surface area (Å²) in [5.41, 5.74) is 2.18. The van der Waals surface area contributed by atoms with Crippen LogP contribution in [0.25, 0.3) is 0 Å². The molecule has 0 amide bonds. The molecule has 3 nitrogen and oxygen atoms in total. The largest absolute Gasteiger partial charge is 0.437 e. The molecule has 15 heavy (non-hydrogen) atoms. The summed E-state index contributed by atoms with van der Waals surface area (Å²) in [6.45, 7) is 1.87. The van der Waals surface area contributed by atoms with E-state index in [0.717, 1.165) is 4.88 Å². The zero-order chi connectivity index (χ0) is 11.1. The number of alkyl halides is 3. The standard InChI is InChI=1S/C8H7F3N2OS/c1-4-2-3-5(15-4)6-12-7(14-13-6)8(9,10)11/h2-3,7H,1H3,(H,12,13). The number of nitrogens with one attached hydrogen (secondary N) is 1. The molecule has 82 valence electrons. The van der Waals surface area contributed by atoms with Crippen molar-refractivity contribution in [3.05, 3.63) is 21.9 Å². The smallest absolute Gasteiger partial charge is 0.245 e. The predicted octanol–water partition coefficient (Wildman–Crippen LogP) is 2.23. The maximum absolute atomic E-state index is 12.2. The van der Waals surface area contributed by atoms with Crippen LogP contribution in [0.5, 0.6) is 0 Å². The molecule has 0 radical (unpaired) electrons. The number of nitrogens with zero attached hydrogens (tertiary/aromatic N) is 1. The number of amidine groups is 1. The number of rotatable bonds is 1. The molecule has 0 saturated carbocycles. The first-order valence-corrected chi connectivity index (χ1v) is 4.91. The van der Waals surface area contributed by atoms with Crippen molar-refractivity contribution in [3.63, 3.8) is 0 Å². The van der Waals surface area contributed by atoms with Crippen molar-refractivity contribution in [1.29, 1.82) is 0 Å². The molecule has 0 aliphatic carbocycles. The third-order valence-electron chi connectivity index (χ3n) is 1.77. The number of hydrogen-bond acceptors (Lipinski definition) is 4. The van der Waals surface area contributed by atoms with Gasteiger partial charge in [-0.2, -0.15) is 13.2 Å². The Kier molecular flexibility index (Phi) is 2.43. The quantitative estimate of drug-likeness (QED) is 0.811. The molecular weight excluding hydrogens is 229 g/mol. The lowest BCUT2D eigenvalue weighted by atomic mass is 10.4. The monoisotopic (exact) mass is 236 g/mol. The summed E-state index contributed by atoms with van der Waals surface area (Å²) in [6.07, 6.45) is -6.57. The highest BCUT2D eigenvalue weighted by Gasteiger charge is 2.44. The van der Waals surface area contributed by atoms with Gasteiger partial charge in [-0.25, -0.2) is 15.3 Å². The van der Waals surface area contributed by atoms with Crippen LogP contribution in [-0.4, -0.2) is 18.2 Å². The Hall–Kier alpha value is -1.08. The maximum Gasteiger partial charge on any atom is 0.437 e. The van der Waals surface area contributed by atoms with Crippen LogP contribution in [0.2, 0.25) is 0 Å². The van der Waals surface area contributed by atoms with E-state index in [1.54, 1.807) is 6.07 Å². The molecule has 0 aromatic carbocycles. The van der Waals surface area contributed by atoms with Gasteiger partial charge in [0.15, 0.2) is 5.84 Å². The third-order valence-corrected chi connectivity index (χ3v) is 2.77. The number of hydrogen-bond donors (Lipinski definition) is 1. The summed E-state index contributed by atoms with van der Waals surface area (Å²) >= 11 is 1.36. The Morgan fingerprint density at radius 3 is 2.67 bits per heavy atom. The molecule has 7 heteroatoms. The minimum absolute atomic E-state index is 0.135. The molecule has 2 heterocycles. The summed E-state index contributed by atoms with van der Waals surface area (Å²) in [5, 5.41) is 0. The summed E-state index contributed by atoms with van der Waals surface area (Å²) in [5.74, 6) is 0.135. The second-order valence-electron chi connectivity index (χ2n) is 3.00. The van der Waals surface area contributed by atoms with Gasteiger partial charge in [-0.1, -0.05) is 0 Å². The second-order valence-corrected chi connectivity index (χ2v) is 4.29. The van der Waals surface area contributed by atoms with Crippen LogP contribution in [0.1, 0.15) is 9.75 Å². The number of halogens is 3. The van der Waals surface area contributed by atoms with Gasteiger partial charge in [-0.3, -0.25) is 0 Å². The van der Waals surface area contributed by atoms with E-state index in [1.165, 1.54) is 11.3 Å². The van der Waals surface area contributed by atoms with E-state index in [9.17, 15) is 13.2 Å². The van der Waals surface area contributed by atoms with Crippen LogP contribution < -0.4 is 5.48 Å². The molecule has 2 rings (SSSR count). The van der Waals surface area contributed by atoms with Gasteiger partial charge in [0, 0.05) is 4.88 Å². The second kappa shape index (κ2) is 3.49. The van der Waals surface area contributed by atoms with E-state index < -0.39 is 12.4 Å². The number of aliphatic imine (C=N–C) groups is 1. The molecule has 1 aliphatic heterocycles. The van der Waals surface area contributed by atoms with E-state index in [-0.39, 0.29) is 5.84 Å². The van der Waals surface area contributed by atoms with Gasteiger partial charge >= 0.3 is 6.18 Å². The maximum atomic E-state index is 12.2. The molecule has 1 aliphatic rings. The van der Waals surface area contributed by atoms with Gasteiger partial charge in [-0.05, 0) is 19.1 Å². The van der Waals surface area contributed by atoms with Crippen LogP contribution in [0, 0.1) is 6.92 Å². The Labute approximate surface area is 87.5 Å². The lowest BCUT2D eigenvalue weighted by Gasteiger charge is -2.08. The Bertz CT molecular complexity index is 399. The van der Waals surface area contributed by atoms with Crippen LogP contribution in [0.15, 0.2) is 17.1 Å². The molecule has 0 saturated heterocycles. The highest BCUT2D eigenvalue weighted by Crippen LogP contribution is 2.27. The molecule has 1 unspecified atom stereocenters. The fourth-order valence-corrected chi connectivity index (χ4v) is 1.91. The molecule has 0 fully saturated rings. The molecule has 0 bridgehead atoms. The lowest BCUT2D eigenvalue weighted by Crippen LogP contribution is -2.29. The number of thiophene rings is 1. The lowest BCUT2D eigenvalue weighted by molar-refractivity contribution is -0.220. The summed E-state index contributed by atoms with van der Waals surface area (Å²) in [7, 11) is 0. The van der Waals surface area contributed by atoms with E-state index in [2.05, 4.69) is 15.3 Å². The minimum Gasteiger partial charge on any atom is -0.245 e. The first-order chi connectivity index (χ1) is 6.97. The topological polar surface area (TPSA) is 33.6 Å². The number of aryl methyl sites for hydroxylation is 1. The molecule has 1 atom stereocenters. The minimum atomic E-state index is -4.47. The Balaban J connectivity index is 2.20. The van der Waals surface area contributed by atoms with Crippen LogP contribution in [0.3, 0.4) is 0 Å². The van der Waals surface area contributed by atoms with E-state index in [1.807, 2.05) is 13.0 Å². The normalized spacial score (nSPS) is 21.3. The number of hydroxylamine groups is 1. The zero-order valence-corrected chi connectivity index (χ0v) is 8.45. The van der Waals surface area contributed by atoms with Crippen molar-refractivity contribution in [2.24, 2.45) is 4.99 Å². The summed E-state index contributed by atoms with van der Waals surface area (Å²) < 4.78 is 36.6. The molecule has 1 N–H and O–H groups in total.